The summed E-state index contributed by atoms with van der Waals surface area (Å²) in [6.07, 6.45) is 4.65. The van der Waals surface area contributed by atoms with Gasteiger partial charge in [-0.1, -0.05) is 6.92 Å². The lowest BCUT2D eigenvalue weighted by atomic mass is 10.3. The van der Waals surface area contributed by atoms with E-state index in [1.54, 1.807) is 6.07 Å². The van der Waals surface area contributed by atoms with Gasteiger partial charge in [0.2, 0.25) is 0 Å². The van der Waals surface area contributed by atoms with Crippen LogP contribution < -0.4 is 10.0 Å². The molecule has 7 nitrogen and oxygen atoms in total. The maximum absolute atomic E-state index is 12.2. The highest BCUT2D eigenvalue weighted by molar-refractivity contribution is 7.94. The number of hydrogen-bond acceptors (Lipinski definition) is 7. The Balaban J connectivity index is 1.99. The highest BCUT2D eigenvalue weighted by atomic mass is 32.2. The predicted molar refractivity (Wildman–Crippen MR) is 81.8 cm³/mol. The van der Waals surface area contributed by atoms with Crippen LogP contribution in [0.3, 0.4) is 0 Å². The van der Waals surface area contributed by atoms with Gasteiger partial charge in [0, 0.05) is 4.88 Å². The van der Waals surface area contributed by atoms with E-state index < -0.39 is 10.0 Å². The number of thiophene rings is 1. The third-order valence-electron chi connectivity index (χ3n) is 2.59. The molecule has 0 aromatic carbocycles. The Bertz CT molecular complexity index is 657. The molecule has 2 heterocycles. The molecule has 0 amide bonds. The highest BCUT2D eigenvalue weighted by Gasteiger charge is 2.18. The lowest BCUT2D eigenvalue weighted by Crippen LogP contribution is -2.17. The van der Waals surface area contributed by atoms with Gasteiger partial charge in [-0.3, -0.25) is 0 Å². The Morgan fingerprint density at radius 2 is 2.10 bits per heavy atom. The topological polar surface area (TPSA) is 96.9 Å². The quantitative estimate of drug-likeness (QED) is 0.709. The van der Waals surface area contributed by atoms with E-state index in [1.165, 1.54) is 23.7 Å². The molecule has 9 heteroatoms. The Kier molecular flexibility index (Phi) is 5.59. The molecule has 0 bridgehead atoms. The first-order valence-electron chi connectivity index (χ1n) is 6.58. The first-order valence-corrected chi connectivity index (χ1v) is 8.87. The zero-order valence-corrected chi connectivity index (χ0v) is 13.2. The number of sulfonamides is 1. The molecular weight excluding hydrogens is 310 g/mol. The molecule has 2 aromatic heterocycles. The molecule has 0 atom stereocenters. The summed E-state index contributed by atoms with van der Waals surface area (Å²) in [5.74, 6) is -0.0305. The summed E-state index contributed by atoms with van der Waals surface area (Å²) < 4.78 is 26.9. The number of hydrogen-bond donors (Lipinski definition) is 2. The van der Waals surface area contributed by atoms with Crippen molar-refractivity contribution >= 4 is 27.3 Å². The van der Waals surface area contributed by atoms with Crippen LogP contribution in [0.1, 0.15) is 18.2 Å². The second-order valence-corrected chi connectivity index (χ2v) is 7.37. The van der Waals surface area contributed by atoms with E-state index in [9.17, 15) is 8.42 Å². The van der Waals surface area contributed by atoms with Gasteiger partial charge in [-0.2, -0.15) is 5.10 Å². The zero-order chi connectivity index (χ0) is 15.1. The van der Waals surface area contributed by atoms with Gasteiger partial charge in [-0.15, -0.1) is 16.4 Å². The molecular formula is C12H17N5O2S2. The number of nitrogens with one attached hydrogen (secondary N) is 2. The summed E-state index contributed by atoms with van der Waals surface area (Å²) in [6.45, 7) is 3.92. The van der Waals surface area contributed by atoms with Gasteiger partial charge in [0.05, 0.1) is 12.4 Å². The van der Waals surface area contributed by atoms with Crippen molar-refractivity contribution in [2.45, 2.75) is 24.0 Å². The van der Waals surface area contributed by atoms with E-state index in [-0.39, 0.29) is 10.2 Å². The van der Waals surface area contributed by atoms with Crippen LogP contribution in [-0.4, -0.2) is 36.7 Å². The Morgan fingerprint density at radius 1 is 1.24 bits per heavy atom. The van der Waals surface area contributed by atoms with Crippen LogP contribution in [0.15, 0.2) is 28.7 Å². The maximum atomic E-state index is 12.2. The fourth-order valence-electron chi connectivity index (χ4n) is 1.62. The molecule has 114 valence electrons. The van der Waals surface area contributed by atoms with Crippen molar-refractivity contribution in [3.8, 4) is 0 Å². The third-order valence-corrected chi connectivity index (χ3v) is 5.55. The summed E-state index contributed by atoms with van der Waals surface area (Å²) in [5, 5.41) is 10.5. The minimum Gasteiger partial charge on any atom is -0.316 e. The Hall–Kier alpha value is -1.58. The van der Waals surface area contributed by atoms with Crippen molar-refractivity contribution in [1.29, 1.82) is 0 Å². The largest absolute Gasteiger partial charge is 0.316 e. The van der Waals surface area contributed by atoms with E-state index >= 15 is 0 Å². The van der Waals surface area contributed by atoms with E-state index in [0.29, 0.717) is 0 Å². The van der Waals surface area contributed by atoms with Gasteiger partial charge in [0.25, 0.3) is 16.0 Å². The Labute approximate surface area is 127 Å². The van der Waals surface area contributed by atoms with Crippen LogP contribution in [0.4, 0.5) is 5.95 Å². The first-order chi connectivity index (χ1) is 10.1. The van der Waals surface area contributed by atoms with E-state index in [0.717, 1.165) is 30.8 Å². The van der Waals surface area contributed by atoms with Gasteiger partial charge in [0.1, 0.15) is 4.21 Å². The lowest BCUT2D eigenvalue weighted by molar-refractivity contribution is 0.602. The molecule has 0 aliphatic heterocycles. The van der Waals surface area contributed by atoms with Crippen LogP contribution in [0.25, 0.3) is 0 Å². The van der Waals surface area contributed by atoms with E-state index in [1.807, 2.05) is 6.07 Å². The average molecular weight is 327 g/mol. The van der Waals surface area contributed by atoms with Crippen molar-refractivity contribution in [1.82, 2.24) is 20.5 Å². The van der Waals surface area contributed by atoms with Crippen molar-refractivity contribution in [2.24, 2.45) is 0 Å². The molecule has 0 radical (unpaired) electrons. The summed E-state index contributed by atoms with van der Waals surface area (Å²) in [6, 6.07) is 3.43. The van der Waals surface area contributed by atoms with Crippen molar-refractivity contribution in [3.05, 3.63) is 29.4 Å². The first kappa shape index (κ1) is 15.8. The summed E-state index contributed by atoms with van der Waals surface area (Å²) in [5.41, 5.74) is 0. The molecule has 0 fully saturated rings. The van der Waals surface area contributed by atoms with Crippen molar-refractivity contribution < 1.29 is 8.42 Å². The number of anilines is 1. The molecule has 0 saturated carbocycles. The monoisotopic (exact) mass is 327 g/mol. The van der Waals surface area contributed by atoms with Gasteiger partial charge in [0.15, 0.2) is 0 Å². The van der Waals surface area contributed by atoms with Crippen molar-refractivity contribution in [3.63, 3.8) is 0 Å². The minimum atomic E-state index is -3.64. The second kappa shape index (κ2) is 7.43. The van der Waals surface area contributed by atoms with Gasteiger partial charge < -0.3 is 5.32 Å². The number of aromatic nitrogens is 3. The third kappa shape index (κ3) is 4.73. The zero-order valence-electron chi connectivity index (χ0n) is 11.6. The fourth-order valence-corrected chi connectivity index (χ4v) is 3.92. The fraction of sp³-hybridized carbons (Fsp3) is 0.417. The van der Waals surface area contributed by atoms with E-state index in [4.69, 9.17) is 0 Å². The van der Waals surface area contributed by atoms with Crippen LogP contribution in [0.5, 0.6) is 0 Å². The molecule has 0 unspecified atom stereocenters. The molecule has 2 aromatic rings. The van der Waals surface area contributed by atoms with Crippen LogP contribution >= 0.6 is 11.3 Å². The maximum Gasteiger partial charge on any atom is 0.273 e. The van der Waals surface area contributed by atoms with Gasteiger partial charge in [-0.05, 0) is 38.1 Å². The molecule has 0 spiro atoms. The normalized spacial score (nSPS) is 11.5. The molecule has 21 heavy (non-hydrogen) atoms. The predicted octanol–water partition coefficient (Wildman–Crippen LogP) is 1.28. The van der Waals surface area contributed by atoms with Gasteiger partial charge >= 0.3 is 0 Å². The molecule has 0 aliphatic carbocycles. The Morgan fingerprint density at radius 3 is 2.81 bits per heavy atom. The number of nitrogens with zero attached hydrogens (tertiary/aromatic N) is 3. The average Bonchev–Trinajstić information content (AvgIpc) is 2.94. The lowest BCUT2D eigenvalue weighted by Gasteiger charge is -2.03. The van der Waals surface area contributed by atoms with E-state index in [2.05, 4.69) is 32.1 Å². The second-order valence-electron chi connectivity index (χ2n) is 4.29. The van der Waals surface area contributed by atoms with Gasteiger partial charge in [-0.25, -0.2) is 18.1 Å². The van der Waals surface area contributed by atoms with Crippen LogP contribution in [0, 0.1) is 0 Å². The van der Waals surface area contributed by atoms with Crippen LogP contribution in [-0.2, 0) is 16.4 Å². The molecule has 2 rings (SSSR count). The molecule has 2 N–H and O–H groups in total. The summed E-state index contributed by atoms with van der Waals surface area (Å²) >= 11 is 1.25. The summed E-state index contributed by atoms with van der Waals surface area (Å²) in [4.78, 5) is 4.82. The molecule has 0 aliphatic rings. The number of rotatable bonds is 8. The smallest absolute Gasteiger partial charge is 0.273 e. The van der Waals surface area contributed by atoms with Crippen molar-refractivity contribution in [2.75, 3.05) is 17.8 Å². The highest BCUT2D eigenvalue weighted by Crippen LogP contribution is 2.23. The minimum absolute atomic E-state index is 0.0305. The SMILES string of the molecule is CCCNCCc1ccc(S(=O)(=O)Nc2nccnn2)s1. The standard InChI is InChI=1S/C12H17N5O2S2/c1-2-6-13-7-5-10-3-4-11(20-10)21(18,19)17-12-14-8-9-15-16-12/h3-4,8-9,13H,2,5-7H2,1H3,(H,14,16,17). The molecule has 0 saturated heterocycles. The summed E-state index contributed by atoms with van der Waals surface area (Å²) in [7, 11) is -3.64. The van der Waals surface area contributed by atoms with Crippen LogP contribution in [0.2, 0.25) is 0 Å².